The molecule has 0 atom stereocenters. The first kappa shape index (κ1) is 20.9. The zero-order valence-corrected chi connectivity index (χ0v) is 17.9. The molecule has 0 radical (unpaired) electrons. The minimum atomic E-state index is 0.0965. The molecule has 0 spiro atoms. The molecule has 0 saturated carbocycles. The molecule has 2 fully saturated rings. The van der Waals surface area contributed by atoms with Gasteiger partial charge in [-0.05, 0) is 55.8 Å². The number of likely N-dealkylation sites (tertiary alicyclic amines) is 1. The molecule has 2 saturated heterocycles. The van der Waals surface area contributed by atoms with Gasteiger partial charge in [0.2, 0.25) is 5.91 Å². The summed E-state index contributed by atoms with van der Waals surface area (Å²) in [7, 11) is 0. The lowest BCUT2D eigenvalue weighted by Crippen LogP contribution is -2.45. The highest BCUT2D eigenvalue weighted by atomic mass is 16.2. The van der Waals surface area contributed by atoms with Crippen LogP contribution in [-0.4, -0.2) is 61.5 Å². The predicted octanol–water partition coefficient (Wildman–Crippen LogP) is 3.82. The number of nitrogens with zero attached hydrogens (tertiary/aromatic N) is 3. The number of amides is 1. The van der Waals surface area contributed by atoms with Crippen LogP contribution in [0.3, 0.4) is 0 Å². The standard InChI is InChI=1S/C25H34N4O/c30-25(21-27-14-6-1-2-7-15-27)26-23-10-12-24(13-11-23)29-18-16-28(17-19-29)20-22-8-4-3-5-9-22/h3-5,8-13H,1-2,6-7,14-21H2,(H,26,30). The molecule has 1 N–H and O–H groups in total. The van der Waals surface area contributed by atoms with Crippen LogP contribution in [-0.2, 0) is 11.3 Å². The molecule has 2 aromatic rings. The van der Waals surface area contributed by atoms with Crippen LogP contribution in [0.1, 0.15) is 31.2 Å². The second kappa shape index (κ2) is 10.6. The van der Waals surface area contributed by atoms with Crippen molar-refractivity contribution in [3.63, 3.8) is 0 Å². The summed E-state index contributed by atoms with van der Waals surface area (Å²) < 4.78 is 0. The Hall–Kier alpha value is -2.37. The van der Waals surface area contributed by atoms with Gasteiger partial charge >= 0.3 is 0 Å². The minimum Gasteiger partial charge on any atom is -0.369 e. The number of carbonyl (C=O) groups excluding carboxylic acids is 1. The summed E-state index contributed by atoms with van der Waals surface area (Å²) in [6, 6.07) is 19.0. The van der Waals surface area contributed by atoms with Crippen LogP contribution in [0.5, 0.6) is 0 Å². The Morgan fingerprint density at radius 2 is 1.40 bits per heavy atom. The Balaban J connectivity index is 1.23. The number of piperazine rings is 1. The van der Waals surface area contributed by atoms with Crippen molar-refractivity contribution < 1.29 is 4.79 Å². The van der Waals surface area contributed by atoms with Gasteiger partial charge in [-0.25, -0.2) is 0 Å². The molecule has 160 valence electrons. The maximum atomic E-state index is 12.4. The predicted molar refractivity (Wildman–Crippen MR) is 124 cm³/mol. The summed E-state index contributed by atoms with van der Waals surface area (Å²) in [5, 5.41) is 3.07. The first-order valence-corrected chi connectivity index (χ1v) is 11.4. The molecule has 0 aliphatic carbocycles. The topological polar surface area (TPSA) is 38.8 Å². The third-order valence-electron chi connectivity index (χ3n) is 6.20. The largest absolute Gasteiger partial charge is 0.369 e. The van der Waals surface area contributed by atoms with Crippen LogP contribution >= 0.6 is 0 Å². The Labute approximate surface area is 180 Å². The molecule has 2 aliphatic heterocycles. The Bertz CT molecular complexity index is 777. The van der Waals surface area contributed by atoms with Gasteiger partial charge in [0.05, 0.1) is 6.54 Å². The van der Waals surface area contributed by atoms with Crippen LogP contribution in [0.15, 0.2) is 54.6 Å². The number of hydrogen-bond acceptors (Lipinski definition) is 4. The van der Waals surface area contributed by atoms with Gasteiger partial charge in [-0.1, -0.05) is 43.2 Å². The van der Waals surface area contributed by atoms with E-state index in [4.69, 9.17) is 0 Å². The van der Waals surface area contributed by atoms with Gasteiger partial charge in [-0.3, -0.25) is 14.6 Å². The molecule has 5 heteroatoms. The summed E-state index contributed by atoms with van der Waals surface area (Å²) >= 11 is 0. The van der Waals surface area contributed by atoms with E-state index >= 15 is 0 Å². The van der Waals surface area contributed by atoms with E-state index in [-0.39, 0.29) is 5.91 Å². The van der Waals surface area contributed by atoms with E-state index in [1.165, 1.54) is 36.9 Å². The van der Waals surface area contributed by atoms with Crippen LogP contribution in [0.2, 0.25) is 0 Å². The van der Waals surface area contributed by atoms with Crippen LogP contribution in [0.25, 0.3) is 0 Å². The SMILES string of the molecule is O=C(CN1CCCCCC1)Nc1ccc(N2CCN(Cc3ccccc3)CC2)cc1. The zero-order chi connectivity index (χ0) is 20.6. The molecule has 0 aromatic heterocycles. The van der Waals surface area contributed by atoms with E-state index in [0.717, 1.165) is 51.5 Å². The van der Waals surface area contributed by atoms with Crippen molar-refractivity contribution in [3.05, 3.63) is 60.2 Å². The van der Waals surface area contributed by atoms with Crippen molar-refractivity contribution in [2.75, 3.05) is 56.0 Å². The fourth-order valence-corrected chi connectivity index (χ4v) is 4.46. The Kier molecular flexibility index (Phi) is 7.38. The van der Waals surface area contributed by atoms with Gasteiger partial charge in [0.15, 0.2) is 0 Å². The molecule has 4 rings (SSSR count). The fourth-order valence-electron chi connectivity index (χ4n) is 4.46. The molecule has 2 aliphatic rings. The summed E-state index contributed by atoms with van der Waals surface area (Å²) in [5.74, 6) is 0.0965. The van der Waals surface area contributed by atoms with Gasteiger partial charge in [0.1, 0.15) is 0 Å². The Morgan fingerprint density at radius 3 is 2.07 bits per heavy atom. The normalized spacial score (nSPS) is 18.7. The molecule has 0 bridgehead atoms. The summed E-state index contributed by atoms with van der Waals surface area (Å²) in [4.78, 5) is 19.6. The Morgan fingerprint density at radius 1 is 0.733 bits per heavy atom. The lowest BCUT2D eigenvalue weighted by Gasteiger charge is -2.36. The number of rotatable bonds is 6. The van der Waals surface area contributed by atoms with E-state index in [1.54, 1.807) is 0 Å². The van der Waals surface area contributed by atoms with Crippen molar-refractivity contribution in [2.24, 2.45) is 0 Å². The van der Waals surface area contributed by atoms with Crippen molar-refractivity contribution >= 4 is 17.3 Å². The van der Waals surface area contributed by atoms with Crippen LogP contribution in [0.4, 0.5) is 11.4 Å². The number of hydrogen-bond donors (Lipinski definition) is 1. The van der Waals surface area contributed by atoms with Crippen molar-refractivity contribution in [1.82, 2.24) is 9.80 Å². The van der Waals surface area contributed by atoms with Crippen LogP contribution < -0.4 is 10.2 Å². The molecule has 5 nitrogen and oxygen atoms in total. The molecule has 2 aromatic carbocycles. The third-order valence-corrected chi connectivity index (χ3v) is 6.20. The highest BCUT2D eigenvalue weighted by Gasteiger charge is 2.18. The molecular formula is C25H34N4O. The zero-order valence-electron chi connectivity index (χ0n) is 17.9. The lowest BCUT2D eigenvalue weighted by atomic mass is 10.2. The maximum Gasteiger partial charge on any atom is 0.238 e. The van der Waals surface area contributed by atoms with Crippen LogP contribution in [0, 0.1) is 0 Å². The van der Waals surface area contributed by atoms with Gasteiger partial charge in [-0.2, -0.15) is 0 Å². The fraction of sp³-hybridized carbons (Fsp3) is 0.480. The smallest absolute Gasteiger partial charge is 0.238 e. The monoisotopic (exact) mass is 406 g/mol. The number of benzene rings is 2. The first-order valence-electron chi connectivity index (χ1n) is 11.4. The van der Waals surface area contributed by atoms with E-state index in [1.807, 2.05) is 12.1 Å². The summed E-state index contributed by atoms with van der Waals surface area (Å²) in [6.45, 7) is 7.83. The van der Waals surface area contributed by atoms with E-state index in [2.05, 4.69) is 62.5 Å². The van der Waals surface area contributed by atoms with Crippen molar-refractivity contribution in [3.8, 4) is 0 Å². The quantitative estimate of drug-likeness (QED) is 0.792. The minimum absolute atomic E-state index is 0.0965. The first-order chi connectivity index (χ1) is 14.8. The maximum absolute atomic E-state index is 12.4. The van der Waals surface area contributed by atoms with E-state index in [9.17, 15) is 4.79 Å². The second-order valence-electron chi connectivity index (χ2n) is 8.53. The molecule has 30 heavy (non-hydrogen) atoms. The summed E-state index contributed by atoms with van der Waals surface area (Å²) in [6.07, 6.45) is 5.00. The molecule has 0 unspecified atom stereocenters. The number of carbonyl (C=O) groups is 1. The number of anilines is 2. The van der Waals surface area contributed by atoms with Crippen molar-refractivity contribution in [1.29, 1.82) is 0 Å². The second-order valence-corrected chi connectivity index (χ2v) is 8.53. The van der Waals surface area contributed by atoms with Gasteiger partial charge < -0.3 is 10.2 Å². The molecular weight excluding hydrogens is 372 g/mol. The van der Waals surface area contributed by atoms with Gasteiger partial charge in [0, 0.05) is 44.1 Å². The van der Waals surface area contributed by atoms with Crippen molar-refractivity contribution in [2.45, 2.75) is 32.2 Å². The summed E-state index contributed by atoms with van der Waals surface area (Å²) in [5.41, 5.74) is 3.51. The molecule has 1 amide bonds. The molecule has 2 heterocycles. The third kappa shape index (κ3) is 6.07. The highest BCUT2D eigenvalue weighted by Crippen LogP contribution is 2.20. The van der Waals surface area contributed by atoms with E-state index in [0.29, 0.717) is 6.54 Å². The van der Waals surface area contributed by atoms with E-state index < -0.39 is 0 Å². The van der Waals surface area contributed by atoms with Gasteiger partial charge in [0.25, 0.3) is 0 Å². The van der Waals surface area contributed by atoms with Gasteiger partial charge in [-0.15, -0.1) is 0 Å². The lowest BCUT2D eigenvalue weighted by molar-refractivity contribution is -0.117. The number of nitrogens with one attached hydrogen (secondary N) is 1. The average Bonchev–Trinajstić information content (AvgIpc) is 3.04. The highest BCUT2D eigenvalue weighted by molar-refractivity contribution is 5.92. The average molecular weight is 407 g/mol.